The predicted octanol–water partition coefficient (Wildman–Crippen LogP) is 3.26. The second-order valence-corrected chi connectivity index (χ2v) is 13.0. The van der Waals surface area contributed by atoms with Crippen molar-refractivity contribution in [3.05, 3.63) is 35.0 Å². The summed E-state index contributed by atoms with van der Waals surface area (Å²) in [4.78, 5) is 46.3. The monoisotopic (exact) mass is 558 g/mol. The number of likely N-dealkylation sites (tertiary alicyclic amines) is 1. The van der Waals surface area contributed by atoms with Crippen molar-refractivity contribution in [1.82, 2.24) is 20.5 Å². The minimum atomic E-state index is -0.952. The normalized spacial score (nSPS) is 19.7. The summed E-state index contributed by atoms with van der Waals surface area (Å²) in [6.45, 7) is 11.5. The zero-order chi connectivity index (χ0) is 28.5. The Labute approximate surface area is 233 Å². The van der Waals surface area contributed by atoms with E-state index in [1.54, 1.807) is 32.1 Å². The average molecular weight is 559 g/mol. The van der Waals surface area contributed by atoms with Gasteiger partial charge in [0, 0.05) is 31.5 Å². The lowest BCUT2D eigenvalue weighted by Crippen LogP contribution is -2.58. The fourth-order valence-electron chi connectivity index (χ4n) is 4.76. The molecular formula is C28H38N4O6S. The number of fused-ring (bicyclic) bond motifs is 3. The van der Waals surface area contributed by atoms with E-state index < -0.39 is 41.2 Å². The van der Waals surface area contributed by atoms with Crippen LogP contribution in [0.15, 0.2) is 23.7 Å². The highest BCUT2D eigenvalue weighted by atomic mass is 32.1. The molecule has 0 radical (unpaired) electrons. The van der Waals surface area contributed by atoms with E-state index in [0.717, 1.165) is 33.9 Å². The molecule has 11 heteroatoms. The van der Waals surface area contributed by atoms with Gasteiger partial charge in [0.25, 0.3) is 0 Å². The Morgan fingerprint density at radius 3 is 2.67 bits per heavy atom. The first-order valence-corrected chi connectivity index (χ1v) is 14.0. The molecular weight excluding hydrogens is 520 g/mol. The maximum absolute atomic E-state index is 13.6. The Kier molecular flexibility index (Phi) is 8.22. The number of rotatable bonds is 5. The van der Waals surface area contributed by atoms with Gasteiger partial charge in [0.05, 0.1) is 28.8 Å². The van der Waals surface area contributed by atoms with Gasteiger partial charge in [0.1, 0.15) is 23.4 Å². The summed E-state index contributed by atoms with van der Waals surface area (Å²) in [5, 5.41) is 16.0. The summed E-state index contributed by atoms with van der Waals surface area (Å²) in [7, 11) is 0. The number of aromatic nitrogens is 1. The zero-order valence-electron chi connectivity index (χ0n) is 23.4. The van der Waals surface area contributed by atoms with Crippen LogP contribution in [0.1, 0.15) is 59.2 Å². The third-order valence-electron chi connectivity index (χ3n) is 6.63. The van der Waals surface area contributed by atoms with Crippen molar-refractivity contribution in [2.75, 3.05) is 13.2 Å². The fourth-order valence-corrected chi connectivity index (χ4v) is 5.63. The number of hydrogen-bond donors (Lipinski definition) is 3. The van der Waals surface area contributed by atoms with Crippen molar-refractivity contribution in [1.29, 1.82) is 0 Å². The van der Waals surface area contributed by atoms with Crippen LogP contribution in [0.4, 0.5) is 4.79 Å². The van der Waals surface area contributed by atoms with Crippen LogP contribution < -0.4 is 15.4 Å². The summed E-state index contributed by atoms with van der Waals surface area (Å²) in [6, 6.07) is 4.01. The van der Waals surface area contributed by atoms with Gasteiger partial charge in [0.2, 0.25) is 11.8 Å². The van der Waals surface area contributed by atoms with Crippen molar-refractivity contribution in [2.24, 2.45) is 5.41 Å². The van der Waals surface area contributed by atoms with Crippen LogP contribution >= 0.6 is 11.3 Å². The number of nitrogens with one attached hydrogen (secondary N) is 2. The fraction of sp³-hybridized carbons (Fsp3) is 0.571. The van der Waals surface area contributed by atoms with Crippen LogP contribution in [-0.4, -0.2) is 69.8 Å². The zero-order valence-corrected chi connectivity index (χ0v) is 24.2. The molecule has 212 valence electrons. The molecule has 0 saturated carbocycles. The molecule has 1 saturated heterocycles. The topological polar surface area (TPSA) is 130 Å². The number of thiazole rings is 1. The number of carbonyl (C=O) groups excluding carboxylic acids is 3. The van der Waals surface area contributed by atoms with E-state index in [-0.39, 0.29) is 25.4 Å². The second-order valence-electron chi connectivity index (χ2n) is 12.1. The number of alkyl carbamates (subject to hydrolysis) is 1. The van der Waals surface area contributed by atoms with Crippen molar-refractivity contribution in [3.8, 4) is 16.2 Å². The van der Waals surface area contributed by atoms with Crippen molar-refractivity contribution < 1.29 is 29.0 Å². The molecule has 3 heterocycles. The molecule has 1 fully saturated rings. The molecule has 4 rings (SSSR count). The van der Waals surface area contributed by atoms with Crippen LogP contribution in [0.25, 0.3) is 10.4 Å². The van der Waals surface area contributed by atoms with Crippen molar-refractivity contribution in [3.63, 3.8) is 0 Å². The number of aliphatic hydroxyl groups excluding tert-OH is 1. The molecule has 39 heavy (non-hydrogen) atoms. The highest BCUT2D eigenvalue weighted by Crippen LogP contribution is 2.38. The molecule has 1 aromatic carbocycles. The Morgan fingerprint density at radius 1 is 1.23 bits per heavy atom. The van der Waals surface area contributed by atoms with Gasteiger partial charge in [-0.3, -0.25) is 9.59 Å². The summed E-state index contributed by atoms with van der Waals surface area (Å²) in [6.07, 6.45) is -0.706. The van der Waals surface area contributed by atoms with Gasteiger partial charge in [-0.05, 0) is 43.9 Å². The van der Waals surface area contributed by atoms with Gasteiger partial charge in [-0.25, -0.2) is 9.78 Å². The molecule has 3 atom stereocenters. The molecule has 3 amide bonds. The maximum Gasteiger partial charge on any atom is 0.408 e. The lowest BCUT2D eigenvalue weighted by molar-refractivity contribution is -0.142. The first-order valence-electron chi connectivity index (χ1n) is 13.2. The Bertz CT molecular complexity index is 1230. The number of benzene rings is 1. The average Bonchev–Trinajstić information content (AvgIpc) is 3.41. The lowest BCUT2D eigenvalue weighted by atomic mass is 9.85. The van der Waals surface area contributed by atoms with Gasteiger partial charge in [0.15, 0.2) is 0 Å². The summed E-state index contributed by atoms with van der Waals surface area (Å²) >= 11 is 1.58. The molecule has 0 bridgehead atoms. The van der Waals surface area contributed by atoms with E-state index in [1.165, 1.54) is 4.90 Å². The molecule has 2 aromatic rings. The molecule has 0 aliphatic carbocycles. The predicted molar refractivity (Wildman–Crippen MR) is 147 cm³/mol. The van der Waals surface area contributed by atoms with Gasteiger partial charge >= 0.3 is 6.09 Å². The Balaban J connectivity index is 1.45. The number of carbonyl (C=O) groups is 3. The first kappa shape index (κ1) is 28.8. The molecule has 0 unspecified atom stereocenters. The maximum atomic E-state index is 13.6. The van der Waals surface area contributed by atoms with E-state index in [4.69, 9.17) is 9.47 Å². The molecule has 2 aliphatic heterocycles. The number of hydrogen-bond acceptors (Lipinski definition) is 8. The van der Waals surface area contributed by atoms with E-state index in [9.17, 15) is 19.5 Å². The summed E-state index contributed by atoms with van der Waals surface area (Å²) in [5.74, 6) is -0.0617. The van der Waals surface area contributed by atoms with Crippen LogP contribution in [-0.2, 0) is 27.3 Å². The van der Waals surface area contributed by atoms with Crippen molar-refractivity contribution in [2.45, 2.75) is 84.7 Å². The highest BCUT2D eigenvalue weighted by Gasteiger charge is 2.44. The van der Waals surface area contributed by atoms with E-state index in [1.807, 2.05) is 44.5 Å². The van der Waals surface area contributed by atoms with Crippen molar-refractivity contribution >= 4 is 29.2 Å². The SMILES string of the molecule is CC(C)(C)OC(=O)N[C@H](C(=O)N1C[C@H](O)C[C@H]1C(=O)NCc1ccc2c(c1)OCCc1ncsc1-2)C(C)(C)C. The molecule has 10 nitrogen and oxygen atoms in total. The third kappa shape index (κ3) is 6.88. The minimum absolute atomic E-state index is 0.00334. The largest absolute Gasteiger partial charge is 0.492 e. The van der Waals surface area contributed by atoms with Crippen LogP contribution in [0.2, 0.25) is 0 Å². The van der Waals surface area contributed by atoms with Crippen LogP contribution in [0, 0.1) is 5.41 Å². The standard InChI is InChI=1S/C28H38N4O6S/c1-27(2,3)23(31-26(36)38-28(4,5)6)25(35)32-14-17(33)12-20(32)24(34)29-13-16-7-8-18-21(11-16)37-10-9-19-22(18)39-15-30-19/h7-8,11,15,17,20,23,33H,9-10,12-14H2,1-6H3,(H,29,34)(H,31,36)/t17-,20+,23-/m1/s1. The quantitative estimate of drug-likeness (QED) is 0.514. The van der Waals surface area contributed by atoms with Crippen LogP contribution in [0.3, 0.4) is 0 Å². The molecule has 0 spiro atoms. The smallest absolute Gasteiger partial charge is 0.408 e. The van der Waals surface area contributed by atoms with Crippen LogP contribution in [0.5, 0.6) is 5.75 Å². The van der Waals surface area contributed by atoms with E-state index >= 15 is 0 Å². The summed E-state index contributed by atoms with van der Waals surface area (Å²) in [5.41, 5.74) is 3.31. The molecule has 2 aliphatic rings. The third-order valence-corrected chi connectivity index (χ3v) is 7.54. The number of amides is 3. The Hall–Kier alpha value is -3.18. The number of β-amino-alcohol motifs (C(OH)–C–C–N with tert-alkyl or cyclic N) is 1. The summed E-state index contributed by atoms with van der Waals surface area (Å²) < 4.78 is 11.3. The minimum Gasteiger partial charge on any atom is -0.492 e. The lowest BCUT2D eigenvalue weighted by Gasteiger charge is -2.35. The van der Waals surface area contributed by atoms with Gasteiger partial charge in [-0.15, -0.1) is 11.3 Å². The molecule has 1 aromatic heterocycles. The van der Waals surface area contributed by atoms with Gasteiger partial charge < -0.3 is 30.1 Å². The van der Waals surface area contributed by atoms with E-state index in [2.05, 4.69) is 15.6 Å². The Morgan fingerprint density at radius 2 is 1.97 bits per heavy atom. The number of aliphatic hydroxyl groups is 1. The van der Waals surface area contributed by atoms with Gasteiger partial charge in [-0.2, -0.15) is 0 Å². The molecule has 3 N–H and O–H groups in total. The number of nitrogens with zero attached hydrogens (tertiary/aromatic N) is 2. The van der Waals surface area contributed by atoms with E-state index in [0.29, 0.717) is 6.61 Å². The highest BCUT2D eigenvalue weighted by molar-refractivity contribution is 7.13. The number of ether oxygens (including phenoxy) is 2. The second kappa shape index (κ2) is 11.1. The first-order chi connectivity index (χ1) is 18.2. The van der Waals surface area contributed by atoms with Gasteiger partial charge in [-0.1, -0.05) is 26.8 Å².